The molecule has 6 aromatic carbocycles. The maximum absolute atomic E-state index is 2.95. The van der Waals surface area contributed by atoms with Gasteiger partial charge >= 0.3 is 355 Å². The molecule has 0 heterocycles. The van der Waals surface area contributed by atoms with Crippen LogP contribution in [0.4, 0.5) is 0 Å². The van der Waals surface area contributed by atoms with Gasteiger partial charge in [0.05, 0.1) is 0 Å². The molecule has 0 aliphatic rings. The van der Waals surface area contributed by atoms with Crippen molar-refractivity contribution in [2.45, 2.75) is 128 Å². The van der Waals surface area contributed by atoms with E-state index in [1.54, 1.807) is 30.3 Å². The number of hydrogen-bond acceptors (Lipinski definition) is 0. The Hall–Kier alpha value is -3.92. The minimum atomic E-state index is -2.95. The molecule has 0 N–H and O–H groups in total. The number of hydrogen-bond donors (Lipinski definition) is 0. The van der Waals surface area contributed by atoms with Gasteiger partial charge in [-0.25, -0.2) is 0 Å². The predicted molar refractivity (Wildman–Crippen MR) is 255 cm³/mol. The molecule has 0 aliphatic carbocycles. The fourth-order valence-electron chi connectivity index (χ4n) is 11.6. The van der Waals surface area contributed by atoms with Crippen LogP contribution in [0.25, 0.3) is 0 Å². The predicted octanol–water partition coefficient (Wildman–Crippen LogP) is 11.2. The van der Waals surface area contributed by atoms with Crippen LogP contribution < -0.4 is 19.2 Å². The summed E-state index contributed by atoms with van der Waals surface area (Å²) in [6, 6.07) is 30.0. The van der Waals surface area contributed by atoms with E-state index in [1.807, 2.05) is 0 Å². The van der Waals surface area contributed by atoms with Gasteiger partial charge < -0.3 is 0 Å². The van der Waals surface area contributed by atoms with Crippen LogP contribution in [0.3, 0.4) is 0 Å². The van der Waals surface area contributed by atoms with Crippen molar-refractivity contribution < 1.29 is 0 Å². The fourth-order valence-corrected chi connectivity index (χ4v) is 29.2. The van der Waals surface area contributed by atoms with Gasteiger partial charge in [0.1, 0.15) is 0 Å². The first-order valence-electron chi connectivity index (χ1n) is 20.9. The molecular formula is C55H66GeSi. The standard InChI is InChI=1S/C55H66GeSi/c1-31-19-37(7)49(38(8)20-31)55(50-39(9)21-32(2)22-40(50)10,56(51-41(11)23-33(3)24-42(51)12)52-43(13)25-34(4)26-44(52)14)57(53-45(15)27-35(5)28-46(53)16)54-47(17)29-36(6)30-48(54)18/h19-30H,1-18H3. The Morgan fingerprint density at radius 1 is 0.281 bits per heavy atom. The molecule has 6 rings (SSSR count). The van der Waals surface area contributed by atoms with E-state index in [4.69, 9.17) is 0 Å². The summed E-state index contributed by atoms with van der Waals surface area (Å²) in [4.78, 5) is 0. The van der Waals surface area contributed by atoms with E-state index in [0.717, 1.165) is 0 Å². The molecule has 0 unspecified atom stereocenters. The van der Waals surface area contributed by atoms with E-state index in [-0.39, 0.29) is 3.87 Å². The van der Waals surface area contributed by atoms with E-state index in [2.05, 4.69) is 197 Å². The molecule has 0 fully saturated rings. The van der Waals surface area contributed by atoms with Crippen LogP contribution in [0.15, 0.2) is 72.8 Å². The van der Waals surface area contributed by atoms with Crippen LogP contribution in [0.2, 0.25) is 0 Å². The van der Waals surface area contributed by atoms with Crippen LogP contribution in [0.1, 0.15) is 111 Å². The minimum absolute atomic E-state index is 0.348. The third-order valence-electron chi connectivity index (χ3n) is 12.6. The quantitative estimate of drug-likeness (QED) is 0.134. The van der Waals surface area contributed by atoms with E-state index in [0.29, 0.717) is 0 Å². The zero-order valence-corrected chi connectivity index (χ0v) is 41.5. The molecule has 0 spiro atoms. The van der Waals surface area contributed by atoms with E-state index in [9.17, 15) is 0 Å². The molecule has 294 valence electrons. The first-order chi connectivity index (χ1) is 26.7. The van der Waals surface area contributed by atoms with E-state index >= 15 is 0 Å². The fraction of sp³-hybridized carbons (Fsp3) is 0.345. The molecule has 0 nitrogen and oxygen atoms in total. The van der Waals surface area contributed by atoms with Gasteiger partial charge in [0.2, 0.25) is 0 Å². The number of benzene rings is 6. The molecule has 0 aliphatic heterocycles. The normalized spacial score (nSPS) is 12.0. The Labute approximate surface area is 352 Å². The SMILES string of the molecule is Cc1cc(C)c([Si](c2c(C)cc(C)cc2C)[C](c2c(C)cc(C)cc2C)(c2c(C)cc(C)cc2C)[Ge]([c]2c(C)cc(C)cc2C)[c]2c(C)cc(C)cc2C)c(C)c1. The zero-order valence-electron chi connectivity index (χ0n) is 38.4. The Bertz CT molecular complexity index is 2130. The van der Waals surface area contributed by atoms with Crippen molar-refractivity contribution in [2.24, 2.45) is 0 Å². The Morgan fingerprint density at radius 2 is 0.474 bits per heavy atom. The molecule has 0 bridgehead atoms. The topological polar surface area (TPSA) is 0 Å². The Morgan fingerprint density at radius 3 is 0.702 bits per heavy atom. The van der Waals surface area contributed by atoms with Gasteiger partial charge in [-0.2, -0.15) is 0 Å². The second kappa shape index (κ2) is 16.0. The molecular weight excluding hydrogens is 761 g/mol. The van der Waals surface area contributed by atoms with Gasteiger partial charge in [0.25, 0.3) is 0 Å². The monoisotopic (exact) mass is 828 g/mol. The molecule has 2 radical (unpaired) electrons. The summed E-state index contributed by atoms with van der Waals surface area (Å²) in [6.07, 6.45) is 0. The van der Waals surface area contributed by atoms with Gasteiger partial charge in [0, 0.05) is 0 Å². The van der Waals surface area contributed by atoms with Crippen LogP contribution >= 0.6 is 0 Å². The molecule has 0 atom stereocenters. The second-order valence-corrected chi connectivity index (χ2v) is 26.9. The van der Waals surface area contributed by atoms with Crippen molar-refractivity contribution in [3.63, 3.8) is 0 Å². The molecule has 6 aromatic rings. The molecule has 0 aromatic heterocycles. The molecule has 2 heteroatoms. The van der Waals surface area contributed by atoms with Crippen molar-refractivity contribution in [1.29, 1.82) is 0 Å². The summed E-state index contributed by atoms with van der Waals surface area (Å²) in [7, 11) is -1.77. The zero-order chi connectivity index (χ0) is 42.0. The molecule has 57 heavy (non-hydrogen) atoms. The van der Waals surface area contributed by atoms with Crippen LogP contribution in [-0.2, 0) is 3.87 Å². The summed E-state index contributed by atoms with van der Waals surface area (Å²) in [5, 5.41) is 3.18. The summed E-state index contributed by atoms with van der Waals surface area (Å²) < 4.78 is 2.93. The van der Waals surface area contributed by atoms with Gasteiger partial charge in [-0.3, -0.25) is 0 Å². The molecule has 0 saturated carbocycles. The van der Waals surface area contributed by atoms with Crippen molar-refractivity contribution in [1.82, 2.24) is 0 Å². The number of rotatable bonds is 8. The summed E-state index contributed by atoms with van der Waals surface area (Å²) >= 11 is -2.95. The van der Waals surface area contributed by atoms with Gasteiger partial charge in [0.15, 0.2) is 0 Å². The van der Waals surface area contributed by atoms with Crippen LogP contribution in [0.5, 0.6) is 0 Å². The van der Waals surface area contributed by atoms with E-state index in [1.165, 1.54) is 100 Å². The first kappa shape index (κ1) is 42.7. The summed E-state index contributed by atoms with van der Waals surface area (Å²) in [5.41, 5.74) is 28.4. The van der Waals surface area contributed by atoms with Crippen molar-refractivity contribution in [3.05, 3.63) is 184 Å². The third kappa shape index (κ3) is 7.49. The average molecular weight is 828 g/mol. The number of aryl methyl sites for hydroxylation is 18. The first-order valence-corrected chi connectivity index (χ1v) is 25.6. The molecule has 0 saturated heterocycles. The Balaban J connectivity index is 2.13. The summed E-state index contributed by atoms with van der Waals surface area (Å²) in [6.45, 7) is 43.0. The van der Waals surface area contributed by atoms with Crippen molar-refractivity contribution >= 4 is 42.3 Å². The van der Waals surface area contributed by atoms with Crippen LogP contribution in [0, 0.1) is 125 Å². The summed E-state index contributed by atoms with van der Waals surface area (Å²) in [5.74, 6) is 0. The Kier molecular flexibility index (Phi) is 12.0. The van der Waals surface area contributed by atoms with Gasteiger partial charge in [-0.15, -0.1) is 0 Å². The van der Waals surface area contributed by atoms with Gasteiger partial charge in [-0.1, -0.05) is 0 Å². The molecule has 0 amide bonds. The third-order valence-corrected chi connectivity index (χ3v) is 27.3. The van der Waals surface area contributed by atoms with Crippen molar-refractivity contribution in [3.8, 4) is 0 Å². The van der Waals surface area contributed by atoms with E-state index < -0.39 is 23.1 Å². The average Bonchev–Trinajstić information content (AvgIpc) is 3.03. The van der Waals surface area contributed by atoms with Gasteiger partial charge in [-0.05, 0) is 0 Å². The maximum atomic E-state index is 2.51. The van der Waals surface area contributed by atoms with Crippen LogP contribution in [-0.4, -0.2) is 23.1 Å². The second-order valence-electron chi connectivity index (χ2n) is 18.1. The van der Waals surface area contributed by atoms with Crippen molar-refractivity contribution in [2.75, 3.05) is 0 Å².